The number of methoxy groups -OCH3 is 1. The summed E-state index contributed by atoms with van der Waals surface area (Å²) in [6, 6.07) is 9.00. The normalized spacial score (nSPS) is 12.2. The standard InChI is InChI=1S/C23H28N2O6/c1-13-8-10-16(11-9-13)17-12-18(24-15(3)26)20(25(28)29)14(2)19(17)21(22(27)30-7)31-23(4,5)6/h8-12,21H,1-7H3,(H,24,26). The number of nitro groups is 1. The number of ether oxygens (including phenoxy) is 2. The molecule has 0 aliphatic carbocycles. The molecule has 2 rings (SSSR count). The molecule has 0 saturated carbocycles. The van der Waals surface area contributed by atoms with E-state index in [1.165, 1.54) is 20.1 Å². The highest BCUT2D eigenvalue weighted by Gasteiger charge is 2.35. The topological polar surface area (TPSA) is 108 Å². The van der Waals surface area contributed by atoms with Crippen LogP contribution in [0.5, 0.6) is 0 Å². The van der Waals surface area contributed by atoms with Crippen molar-refractivity contribution in [3.05, 3.63) is 57.1 Å². The number of carbonyl (C=O) groups is 2. The van der Waals surface area contributed by atoms with Crippen LogP contribution in [0.4, 0.5) is 11.4 Å². The van der Waals surface area contributed by atoms with E-state index >= 15 is 0 Å². The SMILES string of the molecule is COC(=O)C(OC(C)(C)C)c1c(-c2ccc(C)cc2)cc(NC(C)=O)c([N+](=O)[O-])c1C. The van der Waals surface area contributed by atoms with E-state index in [4.69, 9.17) is 9.47 Å². The Labute approximate surface area is 181 Å². The lowest BCUT2D eigenvalue weighted by Gasteiger charge is -2.29. The van der Waals surface area contributed by atoms with Crippen molar-refractivity contribution >= 4 is 23.3 Å². The molecule has 1 atom stereocenters. The molecule has 0 fully saturated rings. The first-order valence-electron chi connectivity index (χ1n) is 9.78. The summed E-state index contributed by atoms with van der Waals surface area (Å²) in [5, 5.41) is 14.5. The quantitative estimate of drug-likeness (QED) is 0.400. The lowest BCUT2D eigenvalue weighted by atomic mass is 9.89. The molecule has 0 saturated heterocycles. The van der Waals surface area contributed by atoms with Crippen LogP contribution < -0.4 is 5.32 Å². The van der Waals surface area contributed by atoms with Crippen LogP contribution in [0.25, 0.3) is 11.1 Å². The fourth-order valence-electron chi connectivity index (χ4n) is 3.34. The van der Waals surface area contributed by atoms with Crippen LogP contribution in [0.2, 0.25) is 0 Å². The molecular weight excluding hydrogens is 400 g/mol. The minimum Gasteiger partial charge on any atom is -0.467 e. The first-order valence-corrected chi connectivity index (χ1v) is 9.78. The average Bonchev–Trinajstić information content (AvgIpc) is 2.64. The Kier molecular flexibility index (Phi) is 7.17. The number of hydrogen-bond acceptors (Lipinski definition) is 6. The van der Waals surface area contributed by atoms with Crippen LogP contribution in [-0.2, 0) is 19.1 Å². The van der Waals surface area contributed by atoms with Gasteiger partial charge in [0.05, 0.1) is 17.6 Å². The third-order valence-electron chi connectivity index (χ3n) is 4.60. The van der Waals surface area contributed by atoms with Gasteiger partial charge in [-0.3, -0.25) is 14.9 Å². The van der Waals surface area contributed by atoms with E-state index < -0.39 is 28.5 Å². The highest BCUT2D eigenvalue weighted by atomic mass is 16.6. The van der Waals surface area contributed by atoms with Crippen molar-refractivity contribution in [1.82, 2.24) is 0 Å². The van der Waals surface area contributed by atoms with E-state index in [0.717, 1.165) is 11.1 Å². The fourth-order valence-corrected chi connectivity index (χ4v) is 3.34. The number of anilines is 1. The van der Waals surface area contributed by atoms with Gasteiger partial charge < -0.3 is 14.8 Å². The van der Waals surface area contributed by atoms with Crippen LogP contribution in [0.15, 0.2) is 30.3 Å². The second kappa shape index (κ2) is 9.26. The van der Waals surface area contributed by atoms with Gasteiger partial charge in [-0.05, 0) is 51.8 Å². The van der Waals surface area contributed by atoms with Gasteiger partial charge >= 0.3 is 5.97 Å². The molecule has 8 heteroatoms. The van der Waals surface area contributed by atoms with E-state index in [2.05, 4.69) is 5.32 Å². The zero-order valence-electron chi connectivity index (χ0n) is 18.9. The average molecular weight is 428 g/mol. The molecule has 1 unspecified atom stereocenters. The van der Waals surface area contributed by atoms with Crippen LogP contribution in [0.1, 0.15) is 50.5 Å². The molecule has 0 bridgehead atoms. The molecule has 31 heavy (non-hydrogen) atoms. The maximum absolute atomic E-state index is 12.7. The van der Waals surface area contributed by atoms with Crippen molar-refractivity contribution in [2.75, 3.05) is 12.4 Å². The molecular formula is C23H28N2O6. The van der Waals surface area contributed by atoms with E-state index in [1.807, 2.05) is 31.2 Å². The summed E-state index contributed by atoms with van der Waals surface area (Å²) >= 11 is 0. The van der Waals surface area contributed by atoms with Crippen molar-refractivity contribution in [3.8, 4) is 11.1 Å². The maximum atomic E-state index is 12.7. The third-order valence-corrected chi connectivity index (χ3v) is 4.60. The van der Waals surface area contributed by atoms with Gasteiger partial charge in [-0.25, -0.2) is 4.79 Å². The summed E-state index contributed by atoms with van der Waals surface area (Å²) in [4.78, 5) is 35.8. The Balaban J connectivity index is 2.95. The summed E-state index contributed by atoms with van der Waals surface area (Å²) in [6.45, 7) is 10.1. The van der Waals surface area contributed by atoms with Crippen LogP contribution in [0.3, 0.4) is 0 Å². The van der Waals surface area contributed by atoms with Crippen LogP contribution >= 0.6 is 0 Å². The summed E-state index contributed by atoms with van der Waals surface area (Å²) in [7, 11) is 1.24. The molecule has 166 valence electrons. The number of benzene rings is 2. The van der Waals surface area contributed by atoms with E-state index in [9.17, 15) is 19.7 Å². The Morgan fingerprint density at radius 3 is 2.16 bits per heavy atom. The Bertz CT molecular complexity index is 1010. The lowest BCUT2D eigenvalue weighted by Crippen LogP contribution is -2.29. The second-order valence-electron chi connectivity index (χ2n) is 8.30. The predicted octanol–water partition coefficient (Wildman–Crippen LogP) is 4.87. The van der Waals surface area contributed by atoms with Gasteiger partial charge in [0.25, 0.3) is 5.69 Å². The molecule has 8 nitrogen and oxygen atoms in total. The largest absolute Gasteiger partial charge is 0.467 e. The molecule has 0 aliphatic rings. The molecule has 2 aromatic rings. The van der Waals surface area contributed by atoms with Gasteiger partial charge in [0.2, 0.25) is 5.91 Å². The monoisotopic (exact) mass is 428 g/mol. The zero-order chi connectivity index (χ0) is 23.5. The van der Waals surface area contributed by atoms with Crippen molar-refractivity contribution in [2.45, 2.75) is 53.2 Å². The molecule has 0 spiro atoms. The number of nitro benzene ring substituents is 1. The molecule has 1 N–H and O–H groups in total. The number of carbonyl (C=O) groups excluding carboxylic acids is 2. The number of nitrogens with zero attached hydrogens (tertiary/aromatic N) is 1. The van der Waals surface area contributed by atoms with Gasteiger partial charge in [-0.15, -0.1) is 0 Å². The Morgan fingerprint density at radius 2 is 1.71 bits per heavy atom. The number of esters is 1. The highest BCUT2D eigenvalue weighted by molar-refractivity contribution is 5.95. The van der Waals surface area contributed by atoms with Crippen molar-refractivity contribution in [2.24, 2.45) is 0 Å². The predicted molar refractivity (Wildman–Crippen MR) is 118 cm³/mol. The molecule has 0 aromatic heterocycles. The number of aryl methyl sites for hydroxylation is 1. The van der Waals surface area contributed by atoms with Crippen molar-refractivity contribution in [3.63, 3.8) is 0 Å². The molecule has 0 heterocycles. The summed E-state index contributed by atoms with van der Waals surface area (Å²) in [5.41, 5.74) is 1.84. The minimum atomic E-state index is -1.20. The summed E-state index contributed by atoms with van der Waals surface area (Å²) in [5.74, 6) is -1.12. The minimum absolute atomic E-state index is 0.0497. The van der Waals surface area contributed by atoms with E-state index in [-0.39, 0.29) is 16.9 Å². The molecule has 1 amide bonds. The van der Waals surface area contributed by atoms with Crippen molar-refractivity contribution < 1.29 is 24.0 Å². The molecule has 2 aromatic carbocycles. The summed E-state index contributed by atoms with van der Waals surface area (Å²) < 4.78 is 11.0. The highest BCUT2D eigenvalue weighted by Crippen LogP contribution is 2.43. The number of rotatable bonds is 6. The second-order valence-corrected chi connectivity index (χ2v) is 8.30. The number of hydrogen-bond donors (Lipinski definition) is 1. The van der Waals surface area contributed by atoms with Crippen LogP contribution in [-0.4, -0.2) is 29.5 Å². The zero-order valence-corrected chi connectivity index (χ0v) is 18.9. The van der Waals surface area contributed by atoms with Gasteiger partial charge in [0, 0.05) is 18.1 Å². The fraction of sp³-hybridized carbons (Fsp3) is 0.391. The maximum Gasteiger partial charge on any atom is 0.339 e. The van der Waals surface area contributed by atoms with Gasteiger partial charge in [0.1, 0.15) is 5.69 Å². The van der Waals surface area contributed by atoms with E-state index in [0.29, 0.717) is 11.1 Å². The van der Waals surface area contributed by atoms with Gasteiger partial charge in [-0.2, -0.15) is 0 Å². The Hall–Kier alpha value is -3.26. The lowest BCUT2D eigenvalue weighted by molar-refractivity contribution is -0.384. The third kappa shape index (κ3) is 5.67. The first-order chi connectivity index (χ1) is 14.4. The van der Waals surface area contributed by atoms with Crippen LogP contribution in [0, 0.1) is 24.0 Å². The number of amides is 1. The van der Waals surface area contributed by atoms with E-state index in [1.54, 1.807) is 27.7 Å². The molecule has 0 radical (unpaired) electrons. The first kappa shape index (κ1) is 24.0. The van der Waals surface area contributed by atoms with Gasteiger partial charge in [-0.1, -0.05) is 29.8 Å². The van der Waals surface area contributed by atoms with Crippen molar-refractivity contribution in [1.29, 1.82) is 0 Å². The number of nitrogens with one attached hydrogen (secondary N) is 1. The Morgan fingerprint density at radius 1 is 1.13 bits per heavy atom. The molecule has 0 aliphatic heterocycles. The summed E-state index contributed by atoms with van der Waals surface area (Å²) in [6.07, 6.45) is -1.20. The smallest absolute Gasteiger partial charge is 0.339 e. The van der Waals surface area contributed by atoms with Gasteiger partial charge in [0.15, 0.2) is 6.10 Å².